The monoisotopic (exact) mass is 820 g/mol. The van der Waals surface area contributed by atoms with E-state index >= 15 is 0 Å². The van der Waals surface area contributed by atoms with Crippen molar-refractivity contribution in [3.63, 3.8) is 0 Å². The molecule has 1 atom stereocenters. The number of aliphatic carboxylic acids is 1. The lowest BCUT2D eigenvalue weighted by molar-refractivity contribution is -0.368. The maximum atomic E-state index is 11.3. The average Bonchev–Trinajstić information content (AvgIpc) is 3.16. The number of quaternary nitrogens is 1. The fraction of sp³-hybridized carbons (Fsp3) is 0.341. The molecule has 0 saturated heterocycles. The van der Waals surface area contributed by atoms with E-state index < -0.39 is 25.9 Å². The zero-order chi connectivity index (χ0) is 41.5. The predicted molar refractivity (Wildman–Crippen MR) is 220 cm³/mol. The summed E-state index contributed by atoms with van der Waals surface area (Å²) in [4.78, 5) is 21.5. The minimum absolute atomic E-state index is 0. The maximum Gasteiger partial charge on any atom is 0.306 e. The molecule has 4 aromatic rings. The van der Waals surface area contributed by atoms with E-state index in [1.54, 1.807) is 36.4 Å². The number of carboxylic acid groups (broad SMARTS) is 1. The second kappa shape index (κ2) is 31.7. The lowest BCUT2D eigenvalue weighted by Crippen LogP contribution is -2.50. The number of unbranched alkanes of at least 4 members (excludes halogenated alkanes) is 4. The van der Waals surface area contributed by atoms with Crippen molar-refractivity contribution in [1.29, 1.82) is 0 Å². The fourth-order valence-corrected chi connectivity index (χ4v) is 5.10. The van der Waals surface area contributed by atoms with Crippen LogP contribution in [0.4, 0.5) is 0 Å². The van der Waals surface area contributed by atoms with Crippen LogP contribution in [0.25, 0.3) is 0 Å². The quantitative estimate of drug-likeness (QED) is 0.0465. The Kier molecular flexibility index (Phi) is 30.4. The van der Waals surface area contributed by atoms with Crippen molar-refractivity contribution < 1.29 is 57.5 Å². The smallest absolute Gasteiger partial charge is 0.306 e. The van der Waals surface area contributed by atoms with Crippen LogP contribution >= 0.6 is 0 Å². The van der Waals surface area contributed by atoms with Crippen LogP contribution in [0, 0.1) is 13.8 Å². The van der Waals surface area contributed by atoms with E-state index in [0.29, 0.717) is 19.6 Å². The molecule has 10 N–H and O–H groups in total. The van der Waals surface area contributed by atoms with E-state index in [9.17, 15) is 26.8 Å². The number of aliphatic hydroxyl groups excluding tert-OH is 1. The van der Waals surface area contributed by atoms with Gasteiger partial charge < -0.3 is 36.4 Å². The van der Waals surface area contributed by atoms with E-state index in [2.05, 4.69) is 11.6 Å². The van der Waals surface area contributed by atoms with Gasteiger partial charge in [-0.15, -0.1) is 0 Å². The Morgan fingerprint density at radius 1 is 0.714 bits per heavy atom. The average molecular weight is 821 g/mol. The third-order valence-corrected chi connectivity index (χ3v) is 9.05. The maximum absolute atomic E-state index is 11.3. The molecule has 0 bridgehead atoms. The molecule has 0 saturated carbocycles. The van der Waals surface area contributed by atoms with Crippen molar-refractivity contribution in [3.8, 4) is 0 Å². The lowest BCUT2D eigenvalue weighted by Gasteiger charge is -2.12. The lowest BCUT2D eigenvalue weighted by atomic mass is 10.2. The Balaban J connectivity index is 0. The van der Waals surface area contributed by atoms with Crippen molar-refractivity contribution in [2.24, 2.45) is 5.73 Å². The summed E-state index contributed by atoms with van der Waals surface area (Å²) in [6.07, 6.45) is 6.48. The van der Waals surface area contributed by atoms with Crippen molar-refractivity contribution >= 4 is 37.7 Å². The summed E-state index contributed by atoms with van der Waals surface area (Å²) in [7, 11) is -7.29. The summed E-state index contributed by atoms with van der Waals surface area (Å²) in [5.41, 5.74) is 13.0. The number of nitrogens with two attached hydrogens (primary N) is 1. The fourth-order valence-electron chi connectivity index (χ4n) is 4.07. The molecule has 0 aliphatic carbocycles. The van der Waals surface area contributed by atoms with Gasteiger partial charge in [0, 0.05) is 17.7 Å². The SMILES string of the molecule is C=S(=O)([O-])c1ccc(C)cc1.Cc1ccc(S(=O)(=O)O)cc1.NCCCCCC(=O)O.O.OCc1ccccc1.[NH3+]CCCCCC(=O)OCc1ccccc1. The molecule has 0 heterocycles. The highest BCUT2D eigenvalue weighted by Gasteiger charge is 2.07. The van der Waals surface area contributed by atoms with Gasteiger partial charge >= 0.3 is 11.9 Å². The van der Waals surface area contributed by atoms with Crippen molar-refractivity contribution in [1.82, 2.24) is 0 Å². The number of aliphatic hydroxyl groups is 1. The Morgan fingerprint density at radius 2 is 1.16 bits per heavy atom. The van der Waals surface area contributed by atoms with Gasteiger partial charge in [0.2, 0.25) is 0 Å². The number of hydrogen-bond acceptors (Lipinski definition) is 9. The van der Waals surface area contributed by atoms with E-state index in [0.717, 1.165) is 67.3 Å². The Morgan fingerprint density at radius 3 is 1.55 bits per heavy atom. The predicted octanol–water partition coefficient (Wildman–Crippen LogP) is 4.92. The van der Waals surface area contributed by atoms with Gasteiger partial charge in [0.1, 0.15) is 6.61 Å². The van der Waals surface area contributed by atoms with Crippen LogP contribution in [0.3, 0.4) is 0 Å². The molecule has 4 aromatic carbocycles. The van der Waals surface area contributed by atoms with Crippen LogP contribution in [0.15, 0.2) is 119 Å². The van der Waals surface area contributed by atoms with E-state index in [1.807, 2.05) is 74.5 Å². The molecule has 13 nitrogen and oxygen atoms in total. The topological polar surface area (TPSA) is 263 Å². The number of aryl methyl sites for hydroxylation is 2. The molecular weight excluding hydrogens is 761 g/mol. The third kappa shape index (κ3) is 29.9. The summed E-state index contributed by atoms with van der Waals surface area (Å²) < 4.78 is 56.4. The number of rotatable bonds is 15. The molecule has 0 amide bonds. The zero-order valence-electron chi connectivity index (χ0n) is 32.4. The largest absolute Gasteiger partial charge is 0.774 e. The highest BCUT2D eigenvalue weighted by Crippen LogP contribution is 2.10. The number of esters is 1. The number of ether oxygens (including phenoxy) is 1. The molecule has 56 heavy (non-hydrogen) atoms. The molecule has 0 aliphatic rings. The van der Waals surface area contributed by atoms with Crippen LogP contribution < -0.4 is 11.5 Å². The van der Waals surface area contributed by atoms with E-state index in [4.69, 9.17) is 25.2 Å². The first-order valence-corrected chi connectivity index (χ1v) is 20.9. The second-order valence-corrected chi connectivity index (χ2v) is 15.3. The first kappa shape index (κ1) is 53.7. The molecular formula is C41H60N2O11S2. The minimum atomic E-state index is -4.02. The van der Waals surface area contributed by atoms with Gasteiger partial charge in [-0.1, -0.05) is 118 Å². The summed E-state index contributed by atoms with van der Waals surface area (Å²) in [6.45, 7) is 5.88. The van der Waals surface area contributed by atoms with Gasteiger partial charge in [0.15, 0.2) is 0 Å². The molecule has 4 rings (SSSR count). The second-order valence-electron chi connectivity index (χ2n) is 12.2. The summed E-state index contributed by atoms with van der Waals surface area (Å²) >= 11 is 0. The molecule has 0 spiro atoms. The molecule has 0 radical (unpaired) electrons. The molecule has 15 heteroatoms. The van der Waals surface area contributed by atoms with E-state index in [-0.39, 0.29) is 34.3 Å². The van der Waals surface area contributed by atoms with Crippen molar-refractivity contribution in [3.05, 3.63) is 131 Å². The molecule has 0 fully saturated rings. The normalized spacial score (nSPS) is 11.1. The van der Waals surface area contributed by atoms with Crippen LogP contribution in [-0.2, 0) is 47.5 Å². The molecule has 0 aromatic heterocycles. The first-order valence-electron chi connectivity index (χ1n) is 17.8. The van der Waals surface area contributed by atoms with Crippen LogP contribution in [0.2, 0.25) is 0 Å². The minimum Gasteiger partial charge on any atom is -0.774 e. The van der Waals surface area contributed by atoms with Gasteiger partial charge in [0.25, 0.3) is 10.1 Å². The first-order chi connectivity index (χ1) is 26.0. The Labute approximate surface area is 332 Å². The van der Waals surface area contributed by atoms with E-state index in [1.165, 1.54) is 12.1 Å². The Bertz CT molecular complexity index is 1730. The summed E-state index contributed by atoms with van der Waals surface area (Å²) in [6, 6.07) is 31.9. The molecule has 312 valence electrons. The molecule has 1 unspecified atom stereocenters. The van der Waals surface area contributed by atoms with Gasteiger partial charge in [-0.25, -0.2) is 0 Å². The van der Waals surface area contributed by atoms with Crippen molar-refractivity contribution in [2.75, 3.05) is 13.1 Å². The highest BCUT2D eigenvalue weighted by atomic mass is 32.2. The number of carboxylic acids is 1. The third-order valence-electron chi connectivity index (χ3n) is 7.19. The van der Waals surface area contributed by atoms with Crippen LogP contribution in [-0.4, -0.2) is 68.3 Å². The number of carbonyl (C=O) groups is 2. The van der Waals surface area contributed by atoms with Gasteiger partial charge in [-0.05, 0) is 87.9 Å². The number of carbonyl (C=O) groups excluding carboxylic acids is 1. The Hall–Kier alpha value is -4.45. The zero-order valence-corrected chi connectivity index (χ0v) is 34.0. The summed E-state index contributed by atoms with van der Waals surface area (Å²) in [5, 5.41) is 16.7. The van der Waals surface area contributed by atoms with Crippen molar-refractivity contribution in [2.45, 2.75) is 88.2 Å². The van der Waals surface area contributed by atoms with Crippen LogP contribution in [0.1, 0.15) is 73.6 Å². The van der Waals surface area contributed by atoms with Crippen LogP contribution in [0.5, 0.6) is 0 Å². The highest BCUT2D eigenvalue weighted by molar-refractivity contribution is 7.95. The standard InChI is InChI=1S/C13H19NO2.C8H10O2S.C7H8O3S.C7H8O.C6H13NO2.H2O/c14-10-6-2-5-9-13(15)16-11-12-7-3-1-4-8-12;1-7-3-5-8(6-4-7)11(2,9)10;1-6-2-4-7(5-3-6)11(8,9)10;8-6-7-4-2-1-3-5-7;7-5-3-1-2-4-6(8)9;/h1,3-4,7-8H,2,5-6,9-11,14H2;3-6H,2H2,1H3,(H,9,10);2-5H,1H3,(H,8,9,10);1-5,8H,6H2;1-5,7H2,(H,8,9);1H2. The number of hydrogen-bond donors (Lipinski definition) is 5. The summed E-state index contributed by atoms with van der Waals surface area (Å²) in [5.74, 6) is 2.22. The van der Waals surface area contributed by atoms with Gasteiger partial charge in [-0.2, -0.15) is 8.42 Å². The number of benzene rings is 4. The van der Waals surface area contributed by atoms with Gasteiger partial charge in [0.05, 0.1) is 18.0 Å². The van der Waals surface area contributed by atoms with Gasteiger partial charge in [-0.3, -0.25) is 18.4 Å². The molecule has 0 aliphatic heterocycles.